The lowest BCUT2D eigenvalue weighted by atomic mass is 10.2. The van der Waals surface area contributed by atoms with Crippen LogP contribution in [-0.4, -0.2) is 56.3 Å². The number of nitrogens with zero attached hydrogens (tertiary/aromatic N) is 2. The molecule has 0 bridgehead atoms. The molecular weight excluding hydrogens is 406 g/mol. The maximum atomic E-state index is 12.7. The minimum absolute atomic E-state index is 0.170. The van der Waals surface area contributed by atoms with E-state index in [0.29, 0.717) is 25.2 Å². The second kappa shape index (κ2) is 8.95. The van der Waals surface area contributed by atoms with Crippen LogP contribution in [0.25, 0.3) is 0 Å². The van der Waals surface area contributed by atoms with Crippen LogP contribution in [-0.2, 0) is 10.0 Å². The van der Waals surface area contributed by atoms with Crippen molar-refractivity contribution in [2.45, 2.75) is 36.6 Å². The zero-order chi connectivity index (χ0) is 20.3. The van der Waals surface area contributed by atoms with E-state index in [-0.39, 0.29) is 16.8 Å². The highest BCUT2D eigenvalue weighted by atomic mass is 32.2. The van der Waals surface area contributed by atoms with Gasteiger partial charge in [-0.05, 0) is 74.5 Å². The monoisotopic (exact) mass is 433 g/mol. The molecule has 3 heterocycles. The SMILES string of the molecule is O=C(NCC(c1cccs1)N1CCCC1)c1ccc(S(=O)(=O)N2CCCC2)cc1. The highest BCUT2D eigenvalue weighted by Gasteiger charge is 2.28. The highest BCUT2D eigenvalue weighted by molar-refractivity contribution is 7.89. The number of rotatable bonds is 7. The van der Waals surface area contributed by atoms with Crippen molar-refractivity contribution in [2.24, 2.45) is 0 Å². The predicted molar refractivity (Wildman–Crippen MR) is 115 cm³/mol. The van der Waals surface area contributed by atoms with Crippen LogP contribution in [0.2, 0.25) is 0 Å². The number of nitrogens with one attached hydrogen (secondary N) is 1. The highest BCUT2D eigenvalue weighted by Crippen LogP contribution is 2.28. The topological polar surface area (TPSA) is 69.7 Å². The molecule has 2 fully saturated rings. The smallest absolute Gasteiger partial charge is 0.251 e. The fourth-order valence-corrected chi connectivity index (χ4v) is 6.47. The predicted octanol–water partition coefficient (Wildman–Crippen LogP) is 3.10. The Morgan fingerprint density at radius 3 is 2.28 bits per heavy atom. The van der Waals surface area contributed by atoms with Gasteiger partial charge in [-0.3, -0.25) is 9.69 Å². The second-order valence-corrected chi connectivity index (χ2v) is 10.5. The first-order valence-corrected chi connectivity index (χ1v) is 12.5. The summed E-state index contributed by atoms with van der Waals surface area (Å²) in [5, 5.41) is 5.11. The third-order valence-electron chi connectivity index (χ3n) is 5.73. The molecule has 2 aliphatic heterocycles. The van der Waals surface area contributed by atoms with Gasteiger partial charge in [0, 0.05) is 30.1 Å². The van der Waals surface area contributed by atoms with E-state index in [1.165, 1.54) is 22.0 Å². The van der Waals surface area contributed by atoms with Crippen LogP contribution in [0.1, 0.15) is 47.0 Å². The van der Waals surface area contributed by atoms with Gasteiger partial charge in [-0.15, -0.1) is 11.3 Å². The molecule has 1 N–H and O–H groups in total. The molecule has 1 aromatic carbocycles. The zero-order valence-electron chi connectivity index (χ0n) is 16.4. The van der Waals surface area contributed by atoms with Gasteiger partial charge in [0.2, 0.25) is 10.0 Å². The molecule has 2 saturated heterocycles. The Kier molecular flexibility index (Phi) is 6.34. The van der Waals surface area contributed by atoms with Gasteiger partial charge in [0.25, 0.3) is 5.91 Å². The molecule has 29 heavy (non-hydrogen) atoms. The van der Waals surface area contributed by atoms with Crippen LogP contribution in [0.3, 0.4) is 0 Å². The molecule has 4 rings (SSSR count). The molecule has 1 amide bonds. The van der Waals surface area contributed by atoms with Gasteiger partial charge >= 0.3 is 0 Å². The molecule has 6 nitrogen and oxygen atoms in total. The minimum Gasteiger partial charge on any atom is -0.350 e. The number of sulfonamides is 1. The van der Waals surface area contributed by atoms with E-state index in [4.69, 9.17) is 0 Å². The number of carbonyl (C=O) groups is 1. The number of hydrogen-bond donors (Lipinski definition) is 1. The maximum Gasteiger partial charge on any atom is 0.251 e. The zero-order valence-corrected chi connectivity index (χ0v) is 18.1. The summed E-state index contributed by atoms with van der Waals surface area (Å²) in [5.41, 5.74) is 0.483. The molecular formula is C21H27N3O3S2. The summed E-state index contributed by atoms with van der Waals surface area (Å²) in [4.78, 5) is 16.6. The van der Waals surface area contributed by atoms with Gasteiger partial charge in [0.05, 0.1) is 10.9 Å². The van der Waals surface area contributed by atoms with E-state index >= 15 is 0 Å². The number of benzene rings is 1. The van der Waals surface area contributed by atoms with Gasteiger partial charge in [-0.2, -0.15) is 4.31 Å². The van der Waals surface area contributed by atoms with Gasteiger partial charge in [-0.1, -0.05) is 6.07 Å². The van der Waals surface area contributed by atoms with Gasteiger partial charge in [-0.25, -0.2) is 8.42 Å². The van der Waals surface area contributed by atoms with Crippen molar-refractivity contribution in [1.29, 1.82) is 0 Å². The Balaban J connectivity index is 1.41. The molecule has 1 atom stereocenters. The maximum absolute atomic E-state index is 12.7. The fourth-order valence-electron chi connectivity index (χ4n) is 4.09. The third-order valence-corrected chi connectivity index (χ3v) is 8.61. The van der Waals surface area contributed by atoms with Crippen LogP contribution in [0, 0.1) is 0 Å². The van der Waals surface area contributed by atoms with Crippen molar-refractivity contribution in [1.82, 2.24) is 14.5 Å². The quantitative estimate of drug-likeness (QED) is 0.729. The normalized spacial score (nSPS) is 19.4. The lowest BCUT2D eigenvalue weighted by molar-refractivity contribution is 0.0938. The molecule has 2 aromatic rings. The molecule has 156 valence electrons. The van der Waals surface area contributed by atoms with Crippen molar-refractivity contribution in [3.63, 3.8) is 0 Å². The lowest BCUT2D eigenvalue weighted by Crippen LogP contribution is -2.36. The molecule has 1 aromatic heterocycles. The summed E-state index contributed by atoms with van der Waals surface area (Å²) >= 11 is 1.72. The number of likely N-dealkylation sites (tertiary alicyclic amines) is 1. The average molecular weight is 434 g/mol. The van der Waals surface area contributed by atoms with E-state index in [2.05, 4.69) is 21.7 Å². The Morgan fingerprint density at radius 2 is 1.66 bits per heavy atom. The standard InChI is InChI=1S/C21H27N3O3S2/c25-21(22-16-19(20-6-5-15-28-20)23-11-1-2-12-23)17-7-9-18(10-8-17)29(26,27)24-13-3-4-14-24/h5-10,15,19H,1-4,11-14,16H2,(H,22,25). The average Bonchev–Trinajstić information content (AvgIpc) is 3.52. The number of thiophene rings is 1. The van der Waals surface area contributed by atoms with E-state index in [9.17, 15) is 13.2 Å². The first kappa shape index (κ1) is 20.5. The lowest BCUT2D eigenvalue weighted by Gasteiger charge is -2.27. The van der Waals surface area contributed by atoms with Crippen LogP contribution in [0.5, 0.6) is 0 Å². The molecule has 0 spiro atoms. The largest absolute Gasteiger partial charge is 0.350 e. The van der Waals surface area contributed by atoms with Gasteiger partial charge < -0.3 is 5.32 Å². The van der Waals surface area contributed by atoms with E-state index in [0.717, 1.165) is 25.9 Å². The Hall–Kier alpha value is -1.74. The van der Waals surface area contributed by atoms with Crippen molar-refractivity contribution < 1.29 is 13.2 Å². The number of amides is 1. The summed E-state index contributed by atoms with van der Waals surface area (Å²) in [6.45, 7) is 3.81. The van der Waals surface area contributed by atoms with Crippen LogP contribution in [0.4, 0.5) is 0 Å². The Morgan fingerprint density at radius 1 is 1.00 bits per heavy atom. The fraction of sp³-hybridized carbons (Fsp3) is 0.476. The Labute approximate surface area is 176 Å². The number of carbonyl (C=O) groups excluding carboxylic acids is 1. The van der Waals surface area contributed by atoms with Crippen LogP contribution < -0.4 is 5.32 Å². The van der Waals surface area contributed by atoms with Crippen molar-refractivity contribution in [3.05, 3.63) is 52.2 Å². The molecule has 0 saturated carbocycles. The summed E-state index contributed by atoms with van der Waals surface area (Å²) < 4.78 is 26.8. The summed E-state index contributed by atoms with van der Waals surface area (Å²) in [7, 11) is -3.45. The van der Waals surface area contributed by atoms with Crippen LogP contribution in [0.15, 0.2) is 46.7 Å². The second-order valence-electron chi connectivity index (χ2n) is 7.62. The molecule has 2 aliphatic rings. The molecule has 0 aliphatic carbocycles. The van der Waals surface area contributed by atoms with Crippen molar-refractivity contribution in [3.8, 4) is 0 Å². The van der Waals surface area contributed by atoms with Crippen LogP contribution >= 0.6 is 11.3 Å². The summed E-state index contributed by atoms with van der Waals surface area (Å²) in [6.07, 6.45) is 4.20. The van der Waals surface area contributed by atoms with Crippen molar-refractivity contribution in [2.75, 3.05) is 32.7 Å². The number of hydrogen-bond acceptors (Lipinski definition) is 5. The molecule has 1 unspecified atom stereocenters. The van der Waals surface area contributed by atoms with Gasteiger partial charge in [0.1, 0.15) is 0 Å². The summed E-state index contributed by atoms with van der Waals surface area (Å²) in [5.74, 6) is -0.170. The first-order valence-electron chi connectivity index (χ1n) is 10.2. The summed E-state index contributed by atoms with van der Waals surface area (Å²) in [6, 6.07) is 10.7. The molecule has 0 radical (unpaired) electrons. The minimum atomic E-state index is -3.45. The van der Waals surface area contributed by atoms with Gasteiger partial charge in [0.15, 0.2) is 0 Å². The molecule has 8 heteroatoms. The Bertz CT molecular complexity index is 915. The van der Waals surface area contributed by atoms with E-state index in [1.807, 2.05) is 6.07 Å². The van der Waals surface area contributed by atoms with Crippen molar-refractivity contribution >= 4 is 27.3 Å². The first-order chi connectivity index (χ1) is 14.1. The van der Waals surface area contributed by atoms with E-state index < -0.39 is 10.0 Å². The third kappa shape index (κ3) is 4.55. The van der Waals surface area contributed by atoms with E-state index in [1.54, 1.807) is 35.6 Å².